The Morgan fingerprint density at radius 3 is 2.71 bits per heavy atom. The highest BCUT2D eigenvalue weighted by Gasteiger charge is 2.45. The van der Waals surface area contributed by atoms with E-state index >= 15 is 0 Å². The van der Waals surface area contributed by atoms with Crippen molar-refractivity contribution < 1.29 is 14.7 Å². The summed E-state index contributed by atoms with van der Waals surface area (Å²) in [5.41, 5.74) is -1.01. The van der Waals surface area contributed by atoms with Crippen LogP contribution in [0.4, 0.5) is 0 Å². The van der Waals surface area contributed by atoms with E-state index in [9.17, 15) is 14.7 Å². The molecule has 0 spiro atoms. The van der Waals surface area contributed by atoms with Crippen LogP contribution in [0, 0.1) is 0 Å². The average Bonchev–Trinajstić information content (AvgIpc) is 2.82. The number of hydrogen-bond acceptors (Lipinski definition) is 3. The molecule has 2 N–H and O–H groups in total. The first kappa shape index (κ1) is 12.4. The molecule has 96 valence electrons. The Balaban J connectivity index is 2.15. The van der Waals surface area contributed by atoms with Gasteiger partial charge in [-0.2, -0.15) is 0 Å². The normalized spacial score (nSPS) is 33.7. The second-order valence-corrected chi connectivity index (χ2v) is 5.17. The van der Waals surface area contributed by atoms with E-state index in [0.29, 0.717) is 13.0 Å². The van der Waals surface area contributed by atoms with Crippen molar-refractivity contribution in [2.24, 2.45) is 0 Å². The summed E-state index contributed by atoms with van der Waals surface area (Å²) in [6, 6.07) is -0.174. The number of aliphatic carboxylic acids is 1. The maximum absolute atomic E-state index is 12.3. The fourth-order valence-electron chi connectivity index (χ4n) is 2.78. The second kappa shape index (κ2) is 4.64. The van der Waals surface area contributed by atoms with Crippen LogP contribution < -0.4 is 5.32 Å². The molecule has 1 amide bonds. The quantitative estimate of drug-likeness (QED) is 0.741. The van der Waals surface area contributed by atoms with Crippen LogP contribution in [0.3, 0.4) is 0 Å². The standard InChI is InChI=1S/C12H20N2O3/c1-12(11(16)17)6-2-3-8-14(12)10(15)9-5-4-7-13-9/h9,13H,2-8H2,1H3,(H,16,17)/t9-,12?/m0/s1. The number of rotatable bonds is 2. The fourth-order valence-corrected chi connectivity index (χ4v) is 2.78. The van der Waals surface area contributed by atoms with Gasteiger partial charge in [-0.1, -0.05) is 0 Å². The molecule has 5 nitrogen and oxygen atoms in total. The summed E-state index contributed by atoms with van der Waals surface area (Å²) >= 11 is 0. The molecule has 1 unspecified atom stereocenters. The number of hydrogen-bond donors (Lipinski definition) is 2. The van der Waals surface area contributed by atoms with E-state index < -0.39 is 11.5 Å². The minimum Gasteiger partial charge on any atom is -0.480 e. The molecular weight excluding hydrogens is 220 g/mol. The van der Waals surface area contributed by atoms with Crippen molar-refractivity contribution in [3.63, 3.8) is 0 Å². The van der Waals surface area contributed by atoms with E-state index in [2.05, 4.69) is 5.32 Å². The zero-order valence-corrected chi connectivity index (χ0v) is 10.2. The van der Waals surface area contributed by atoms with E-state index in [4.69, 9.17) is 0 Å². The van der Waals surface area contributed by atoms with E-state index in [-0.39, 0.29) is 11.9 Å². The van der Waals surface area contributed by atoms with Crippen LogP contribution in [0.25, 0.3) is 0 Å². The van der Waals surface area contributed by atoms with Crippen LogP contribution in [0.2, 0.25) is 0 Å². The SMILES string of the molecule is CC1(C(=O)O)CCCCN1C(=O)[C@@H]1CCCN1. The summed E-state index contributed by atoms with van der Waals surface area (Å²) in [4.78, 5) is 25.3. The largest absolute Gasteiger partial charge is 0.480 e. The predicted octanol–water partition coefficient (Wildman–Crippen LogP) is 0.594. The van der Waals surface area contributed by atoms with Crippen LogP contribution in [0.1, 0.15) is 39.0 Å². The lowest BCUT2D eigenvalue weighted by molar-refractivity contribution is -0.161. The molecule has 2 aliphatic rings. The van der Waals surface area contributed by atoms with Gasteiger partial charge in [0.1, 0.15) is 5.54 Å². The molecule has 0 aliphatic carbocycles. The number of carbonyl (C=O) groups is 2. The topological polar surface area (TPSA) is 69.6 Å². The van der Waals surface area contributed by atoms with E-state index in [1.165, 1.54) is 0 Å². The Labute approximate surface area is 101 Å². The summed E-state index contributed by atoms with van der Waals surface area (Å²) in [6.07, 6.45) is 4.16. The van der Waals surface area contributed by atoms with Crippen molar-refractivity contribution >= 4 is 11.9 Å². The van der Waals surface area contributed by atoms with Gasteiger partial charge in [-0.25, -0.2) is 4.79 Å². The third-order valence-electron chi connectivity index (χ3n) is 3.98. The molecule has 2 fully saturated rings. The molecule has 0 bridgehead atoms. The molecule has 5 heteroatoms. The first-order valence-corrected chi connectivity index (χ1v) is 6.34. The molecule has 17 heavy (non-hydrogen) atoms. The average molecular weight is 240 g/mol. The van der Waals surface area contributed by atoms with Gasteiger partial charge in [-0.3, -0.25) is 4.79 Å². The van der Waals surface area contributed by atoms with E-state index in [1.807, 2.05) is 0 Å². The molecule has 0 aromatic carbocycles. The Bertz CT molecular complexity index is 326. The van der Waals surface area contributed by atoms with Crippen molar-refractivity contribution in [2.45, 2.75) is 50.6 Å². The third-order valence-corrected chi connectivity index (χ3v) is 3.98. The summed E-state index contributed by atoms with van der Waals surface area (Å²) in [7, 11) is 0. The third kappa shape index (κ3) is 2.16. The lowest BCUT2D eigenvalue weighted by atomic mass is 9.87. The molecule has 2 rings (SSSR count). The molecular formula is C12H20N2O3. The molecule has 0 radical (unpaired) electrons. The Morgan fingerprint density at radius 2 is 2.12 bits per heavy atom. The summed E-state index contributed by atoms with van der Waals surface area (Å²) < 4.78 is 0. The van der Waals surface area contributed by atoms with Crippen LogP contribution >= 0.6 is 0 Å². The zero-order chi connectivity index (χ0) is 12.5. The van der Waals surface area contributed by atoms with Crippen molar-refractivity contribution in [3.8, 4) is 0 Å². The van der Waals surface area contributed by atoms with Gasteiger partial charge in [0.2, 0.25) is 5.91 Å². The number of nitrogens with zero attached hydrogens (tertiary/aromatic N) is 1. The molecule has 2 heterocycles. The zero-order valence-electron chi connectivity index (χ0n) is 10.2. The van der Waals surface area contributed by atoms with Gasteiger partial charge in [0.05, 0.1) is 6.04 Å². The second-order valence-electron chi connectivity index (χ2n) is 5.17. The molecule has 0 saturated carbocycles. The highest BCUT2D eigenvalue weighted by atomic mass is 16.4. The van der Waals surface area contributed by atoms with Gasteiger partial charge in [0, 0.05) is 6.54 Å². The molecule has 0 aromatic rings. The molecule has 0 aromatic heterocycles. The number of carboxylic acid groups (broad SMARTS) is 1. The maximum atomic E-state index is 12.3. The van der Waals surface area contributed by atoms with Crippen LogP contribution in [-0.2, 0) is 9.59 Å². The summed E-state index contributed by atoms with van der Waals surface area (Å²) in [5, 5.41) is 12.5. The predicted molar refractivity (Wildman–Crippen MR) is 62.6 cm³/mol. The van der Waals surface area contributed by atoms with Crippen LogP contribution in [0.15, 0.2) is 0 Å². The molecule has 2 aliphatic heterocycles. The van der Waals surface area contributed by atoms with Gasteiger partial charge >= 0.3 is 5.97 Å². The number of carboxylic acids is 1. The molecule has 2 atom stereocenters. The van der Waals surface area contributed by atoms with Crippen molar-refractivity contribution in [1.82, 2.24) is 10.2 Å². The Hall–Kier alpha value is -1.10. The van der Waals surface area contributed by atoms with Gasteiger partial charge in [-0.05, 0) is 45.6 Å². The summed E-state index contributed by atoms with van der Waals surface area (Å²) in [6.45, 7) is 3.09. The minimum atomic E-state index is -1.01. The Morgan fingerprint density at radius 1 is 1.35 bits per heavy atom. The number of piperidine rings is 1. The maximum Gasteiger partial charge on any atom is 0.329 e. The van der Waals surface area contributed by atoms with Crippen LogP contribution in [-0.4, -0.2) is 46.6 Å². The smallest absolute Gasteiger partial charge is 0.329 e. The lowest BCUT2D eigenvalue weighted by Crippen LogP contribution is -2.60. The van der Waals surface area contributed by atoms with E-state index in [1.54, 1.807) is 11.8 Å². The number of nitrogens with one attached hydrogen (secondary N) is 1. The number of carbonyl (C=O) groups excluding carboxylic acids is 1. The van der Waals surface area contributed by atoms with Gasteiger partial charge < -0.3 is 15.3 Å². The van der Waals surface area contributed by atoms with Crippen molar-refractivity contribution in [1.29, 1.82) is 0 Å². The van der Waals surface area contributed by atoms with E-state index in [0.717, 1.165) is 32.2 Å². The van der Waals surface area contributed by atoms with Gasteiger partial charge in [0.25, 0.3) is 0 Å². The first-order valence-electron chi connectivity index (χ1n) is 6.34. The van der Waals surface area contributed by atoms with Gasteiger partial charge in [0.15, 0.2) is 0 Å². The molecule has 2 saturated heterocycles. The first-order chi connectivity index (χ1) is 8.05. The van der Waals surface area contributed by atoms with Crippen molar-refractivity contribution in [2.75, 3.05) is 13.1 Å². The minimum absolute atomic E-state index is 0.0351. The number of likely N-dealkylation sites (tertiary alicyclic amines) is 1. The highest BCUT2D eigenvalue weighted by molar-refractivity contribution is 5.89. The monoisotopic (exact) mass is 240 g/mol. The summed E-state index contributed by atoms with van der Waals surface area (Å²) in [5.74, 6) is -0.921. The number of amides is 1. The van der Waals surface area contributed by atoms with Crippen LogP contribution in [0.5, 0.6) is 0 Å². The van der Waals surface area contributed by atoms with Gasteiger partial charge in [-0.15, -0.1) is 0 Å². The van der Waals surface area contributed by atoms with Crippen molar-refractivity contribution in [3.05, 3.63) is 0 Å². The highest BCUT2D eigenvalue weighted by Crippen LogP contribution is 2.29. The Kier molecular flexibility index (Phi) is 3.38. The lowest BCUT2D eigenvalue weighted by Gasteiger charge is -2.42. The fraction of sp³-hybridized carbons (Fsp3) is 0.833.